The number of benzene rings is 3. The Labute approximate surface area is 236 Å². The van der Waals surface area contributed by atoms with Crippen LogP contribution in [0.5, 0.6) is 17.2 Å². The van der Waals surface area contributed by atoms with E-state index in [9.17, 15) is 14.0 Å². The number of rotatable bonds is 10. The number of aryl methyl sites for hydroxylation is 1. The average molecular weight is 570 g/mol. The first-order valence-electron chi connectivity index (χ1n) is 12.4. The van der Waals surface area contributed by atoms with Gasteiger partial charge in [-0.15, -0.1) is 0 Å². The van der Waals surface area contributed by atoms with Gasteiger partial charge in [-0.3, -0.25) is 14.5 Å². The molecule has 1 aliphatic rings. The molecule has 0 unspecified atom stereocenters. The molecule has 0 spiro atoms. The molecule has 0 N–H and O–H groups in total. The van der Waals surface area contributed by atoms with Crippen molar-refractivity contribution in [2.45, 2.75) is 33.3 Å². The minimum atomic E-state index is -0.474. The van der Waals surface area contributed by atoms with Crippen LogP contribution in [0.15, 0.2) is 59.5 Å². The molecule has 1 fully saturated rings. The van der Waals surface area contributed by atoms with E-state index in [1.165, 1.54) is 24.1 Å². The van der Waals surface area contributed by atoms with E-state index in [1.807, 2.05) is 25.1 Å². The van der Waals surface area contributed by atoms with Crippen molar-refractivity contribution in [3.63, 3.8) is 0 Å². The molecule has 0 atom stereocenters. The quantitative estimate of drug-likeness (QED) is 0.234. The summed E-state index contributed by atoms with van der Waals surface area (Å²) in [6.07, 6.45) is 1.62. The normalized spacial score (nSPS) is 14.4. The molecule has 1 aliphatic heterocycles. The summed E-state index contributed by atoms with van der Waals surface area (Å²) in [7, 11) is 1.49. The van der Waals surface area contributed by atoms with E-state index in [4.69, 9.17) is 25.8 Å². The summed E-state index contributed by atoms with van der Waals surface area (Å²) in [6, 6.07) is 15.5. The molecule has 9 heteroatoms. The fraction of sp³-hybridized carbons (Fsp3) is 0.267. The van der Waals surface area contributed by atoms with Gasteiger partial charge < -0.3 is 14.2 Å². The number of hydrogen-bond donors (Lipinski definition) is 0. The van der Waals surface area contributed by atoms with Crippen LogP contribution in [-0.2, 0) is 11.4 Å². The first kappa shape index (κ1) is 28.5. The second-order valence-electron chi connectivity index (χ2n) is 9.28. The highest BCUT2D eigenvalue weighted by atomic mass is 35.5. The summed E-state index contributed by atoms with van der Waals surface area (Å²) in [6.45, 7) is 6.37. The Kier molecular flexibility index (Phi) is 9.20. The zero-order chi connectivity index (χ0) is 28.1. The molecule has 3 aromatic carbocycles. The molecule has 1 saturated heterocycles. The highest BCUT2D eigenvalue weighted by molar-refractivity contribution is 8.18. The number of thioether (sulfide) groups is 1. The van der Waals surface area contributed by atoms with E-state index in [-0.39, 0.29) is 46.4 Å². The van der Waals surface area contributed by atoms with Gasteiger partial charge in [0.25, 0.3) is 11.1 Å². The zero-order valence-corrected chi connectivity index (χ0v) is 23.7. The van der Waals surface area contributed by atoms with Crippen LogP contribution in [0, 0.1) is 12.7 Å². The number of ether oxygens (including phenoxy) is 3. The van der Waals surface area contributed by atoms with Gasteiger partial charge in [0.05, 0.1) is 23.6 Å². The first-order valence-corrected chi connectivity index (χ1v) is 13.6. The molecule has 3 aromatic rings. The monoisotopic (exact) mass is 569 g/mol. The second-order valence-corrected chi connectivity index (χ2v) is 10.7. The van der Waals surface area contributed by atoms with E-state index in [0.717, 1.165) is 28.6 Å². The van der Waals surface area contributed by atoms with Gasteiger partial charge in [-0.25, -0.2) is 4.39 Å². The third-order valence-electron chi connectivity index (χ3n) is 6.16. The maximum atomic E-state index is 14.2. The van der Waals surface area contributed by atoms with Crippen LogP contribution in [0.25, 0.3) is 6.08 Å². The first-order chi connectivity index (χ1) is 18.7. The molecule has 0 aromatic heterocycles. The maximum absolute atomic E-state index is 14.2. The van der Waals surface area contributed by atoms with Crippen LogP contribution >= 0.6 is 23.4 Å². The molecule has 0 radical (unpaired) electrons. The molecule has 1 heterocycles. The fourth-order valence-electron chi connectivity index (χ4n) is 4.05. The van der Waals surface area contributed by atoms with Gasteiger partial charge in [0.2, 0.25) is 0 Å². The van der Waals surface area contributed by atoms with Gasteiger partial charge in [-0.05, 0) is 77.7 Å². The lowest BCUT2D eigenvalue weighted by molar-refractivity contribution is -0.123. The molecule has 39 heavy (non-hydrogen) atoms. The molecule has 2 amide bonds. The van der Waals surface area contributed by atoms with Crippen molar-refractivity contribution in [2.75, 3.05) is 20.3 Å². The van der Waals surface area contributed by atoms with E-state index in [1.54, 1.807) is 30.3 Å². The van der Waals surface area contributed by atoms with Crippen LogP contribution in [-0.4, -0.2) is 36.3 Å². The molecule has 0 aliphatic carbocycles. The van der Waals surface area contributed by atoms with Gasteiger partial charge >= 0.3 is 0 Å². The number of methoxy groups -OCH3 is 1. The van der Waals surface area contributed by atoms with Gasteiger partial charge in [-0.1, -0.05) is 49.7 Å². The largest absolute Gasteiger partial charge is 0.493 e. The maximum Gasteiger partial charge on any atom is 0.293 e. The number of nitrogens with zero attached hydrogens (tertiary/aromatic N) is 1. The van der Waals surface area contributed by atoms with Crippen molar-refractivity contribution < 1.29 is 28.2 Å². The molecule has 6 nitrogen and oxygen atoms in total. The minimum Gasteiger partial charge on any atom is -0.493 e. The highest BCUT2D eigenvalue weighted by Crippen LogP contribution is 2.35. The van der Waals surface area contributed by atoms with Crippen LogP contribution in [0.1, 0.15) is 42.0 Å². The standard InChI is InChI=1S/C30H29ClFNO5S/c1-18(2)21-10-8-19(3)14-26(21)37-13-12-33-29(34)28(39-30(33)35)16-20-9-11-25(36-4)27(15-20)38-17-22-23(31)6-5-7-24(22)32/h5-11,14-16,18H,12-13,17H2,1-4H3/b28-16-. The van der Waals surface area contributed by atoms with Crippen LogP contribution in [0.3, 0.4) is 0 Å². The lowest BCUT2D eigenvalue weighted by atomic mass is 10.0. The topological polar surface area (TPSA) is 65.1 Å². The number of carbonyl (C=O) groups excluding carboxylic acids is 2. The van der Waals surface area contributed by atoms with Gasteiger partial charge in [0, 0.05) is 5.56 Å². The van der Waals surface area contributed by atoms with Crippen LogP contribution < -0.4 is 14.2 Å². The average Bonchev–Trinajstić information content (AvgIpc) is 3.15. The molecular weight excluding hydrogens is 541 g/mol. The minimum absolute atomic E-state index is 0.110. The Morgan fingerprint density at radius 1 is 1.03 bits per heavy atom. The Morgan fingerprint density at radius 3 is 2.54 bits per heavy atom. The van der Waals surface area contributed by atoms with Gasteiger partial charge in [-0.2, -0.15) is 0 Å². The molecule has 0 bridgehead atoms. The van der Waals surface area contributed by atoms with Crippen LogP contribution in [0.4, 0.5) is 9.18 Å². The van der Waals surface area contributed by atoms with Gasteiger partial charge in [0.15, 0.2) is 11.5 Å². The summed E-state index contributed by atoms with van der Waals surface area (Å²) >= 11 is 6.98. The van der Waals surface area contributed by atoms with Crippen molar-refractivity contribution in [3.05, 3.63) is 92.6 Å². The zero-order valence-electron chi connectivity index (χ0n) is 22.1. The molecule has 204 valence electrons. The van der Waals surface area contributed by atoms with E-state index in [2.05, 4.69) is 13.8 Å². The van der Waals surface area contributed by atoms with Crippen LogP contribution in [0.2, 0.25) is 5.02 Å². The summed E-state index contributed by atoms with van der Waals surface area (Å²) in [4.78, 5) is 27.1. The van der Waals surface area contributed by atoms with Crippen molar-refractivity contribution in [1.29, 1.82) is 0 Å². The van der Waals surface area contributed by atoms with Crippen molar-refractivity contribution in [3.8, 4) is 17.2 Å². The highest BCUT2D eigenvalue weighted by Gasteiger charge is 2.35. The third kappa shape index (κ3) is 6.75. The molecule has 0 saturated carbocycles. The molecule has 4 rings (SSSR count). The number of amides is 2. The van der Waals surface area contributed by atoms with E-state index < -0.39 is 11.7 Å². The summed E-state index contributed by atoms with van der Waals surface area (Å²) < 4.78 is 31.3. The Hall–Kier alpha value is -3.49. The Bertz CT molecular complexity index is 1400. The Morgan fingerprint density at radius 2 is 1.82 bits per heavy atom. The van der Waals surface area contributed by atoms with Crippen molar-refractivity contribution in [1.82, 2.24) is 4.90 Å². The molecular formula is C30H29ClFNO5S. The van der Waals surface area contributed by atoms with E-state index >= 15 is 0 Å². The lowest BCUT2D eigenvalue weighted by Crippen LogP contribution is -2.32. The Balaban J connectivity index is 1.45. The number of halogens is 2. The van der Waals surface area contributed by atoms with Gasteiger partial charge in [0.1, 0.15) is 24.8 Å². The number of carbonyl (C=O) groups is 2. The summed E-state index contributed by atoms with van der Waals surface area (Å²) in [5, 5.41) is -0.104. The predicted molar refractivity (Wildman–Crippen MR) is 152 cm³/mol. The SMILES string of the molecule is COc1ccc(/C=C2\SC(=O)N(CCOc3cc(C)ccc3C(C)C)C2=O)cc1OCc1c(F)cccc1Cl. The fourth-order valence-corrected chi connectivity index (χ4v) is 5.13. The smallest absolute Gasteiger partial charge is 0.293 e. The predicted octanol–water partition coefficient (Wildman–Crippen LogP) is 7.61. The summed E-state index contributed by atoms with van der Waals surface area (Å²) in [5.41, 5.74) is 2.99. The van der Waals surface area contributed by atoms with Crippen molar-refractivity contribution >= 4 is 40.6 Å². The van der Waals surface area contributed by atoms with Crippen molar-refractivity contribution in [2.24, 2.45) is 0 Å². The number of imide groups is 1. The second kappa shape index (κ2) is 12.6. The third-order valence-corrected chi connectivity index (χ3v) is 7.42. The summed E-state index contributed by atoms with van der Waals surface area (Å²) in [5.74, 6) is 0.952. The number of hydrogen-bond acceptors (Lipinski definition) is 6. The lowest BCUT2D eigenvalue weighted by Gasteiger charge is -2.17. The van der Waals surface area contributed by atoms with E-state index in [0.29, 0.717) is 17.1 Å².